The number of halogens is 1. The van der Waals surface area contributed by atoms with Crippen LogP contribution in [-0.4, -0.2) is 19.7 Å². The van der Waals surface area contributed by atoms with Crippen LogP contribution in [-0.2, 0) is 9.53 Å². The van der Waals surface area contributed by atoms with E-state index in [1.165, 1.54) is 6.08 Å². The third-order valence-electron chi connectivity index (χ3n) is 2.56. The van der Waals surface area contributed by atoms with Crippen molar-refractivity contribution >= 4 is 28.0 Å². The molecule has 0 aliphatic heterocycles. The fourth-order valence-electron chi connectivity index (χ4n) is 1.46. The molecule has 4 nitrogen and oxygen atoms in total. The van der Waals surface area contributed by atoms with Crippen LogP contribution in [0, 0.1) is 11.3 Å². The molecule has 0 radical (unpaired) electrons. The number of hydrogen-bond donors (Lipinski definition) is 0. The average molecular weight is 338 g/mol. The van der Waals surface area contributed by atoms with Crippen LogP contribution >= 0.6 is 15.9 Å². The number of unbranched alkanes of at least 4 members (excludes halogenated alkanes) is 1. The maximum absolute atomic E-state index is 11.7. The van der Waals surface area contributed by atoms with Gasteiger partial charge >= 0.3 is 5.97 Å². The number of esters is 1. The second-order valence-corrected chi connectivity index (χ2v) is 4.91. The lowest BCUT2D eigenvalue weighted by atomic mass is 10.1. The summed E-state index contributed by atoms with van der Waals surface area (Å²) in [5.74, 6) is 0.0964. The molecule has 5 heteroatoms. The van der Waals surface area contributed by atoms with Gasteiger partial charge in [-0.1, -0.05) is 19.4 Å². The highest BCUT2D eigenvalue weighted by atomic mass is 79.9. The number of methoxy groups -OCH3 is 1. The summed E-state index contributed by atoms with van der Waals surface area (Å²) in [6.45, 7) is 2.34. The maximum atomic E-state index is 11.7. The van der Waals surface area contributed by atoms with Crippen LogP contribution in [0.5, 0.6) is 5.75 Å². The van der Waals surface area contributed by atoms with Gasteiger partial charge in [-0.25, -0.2) is 4.79 Å². The zero-order valence-corrected chi connectivity index (χ0v) is 13.1. The number of benzene rings is 1. The Bertz CT molecular complexity index is 547. The summed E-state index contributed by atoms with van der Waals surface area (Å²) in [4.78, 5) is 11.7. The first-order valence-electron chi connectivity index (χ1n) is 6.24. The fraction of sp³-hybridized carbons (Fsp3) is 0.333. The van der Waals surface area contributed by atoms with E-state index in [0.29, 0.717) is 12.4 Å². The van der Waals surface area contributed by atoms with Crippen molar-refractivity contribution in [3.05, 3.63) is 33.8 Å². The number of carbonyl (C=O) groups excluding carboxylic acids is 1. The number of hydrogen-bond acceptors (Lipinski definition) is 4. The quantitative estimate of drug-likeness (QED) is 0.343. The van der Waals surface area contributed by atoms with Crippen molar-refractivity contribution in [3.8, 4) is 11.8 Å². The Morgan fingerprint density at radius 3 is 2.80 bits per heavy atom. The molecule has 1 aromatic rings. The second-order valence-electron chi connectivity index (χ2n) is 4.05. The highest BCUT2D eigenvalue weighted by Gasteiger charge is 2.11. The minimum absolute atomic E-state index is 0.0156. The minimum atomic E-state index is -0.590. The maximum Gasteiger partial charge on any atom is 0.348 e. The first kappa shape index (κ1) is 16.3. The minimum Gasteiger partial charge on any atom is -0.496 e. The van der Waals surface area contributed by atoms with Crippen molar-refractivity contribution < 1.29 is 14.3 Å². The molecule has 0 aliphatic rings. The summed E-state index contributed by atoms with van der Waals surface area (Å²) in [7, 11) is 1.57. The molecule has 1 aromatic carbocycles. The van der Waals surface area contributed by atoms with Gasteiger partial charge in [0.25, 0.3) is 0 Å². The molecule has 106 valence electrons. The van der Waals surface area contributed by atoms with E-state index in [4.69, 9.17) is 14.7 Å². The summed E-state index contributed by atoms with van der Waals surface area (Å²) in [6.07, 6.45) is 3.22. The Kier molecular flexibility index (Phi) is 6.82. The lowest BCUT2D eigenvalue weighted by Gasteiger charge is -2.05. The summed E-state index contributed by atoms with van der Waals surface area (Å²) >= 11 is 3.35. The average Bonchev–Trinajstić information content (AvgIpc) is 2.45. The molecular formula is C15H16BrNO3. The van der Waals surface area contributed by atoms with Crippen LogP contribution in [0.2, 0.25) is 0 Å². The van der Waals surface area contributed by atoms with E-state index in [0.717, 1.165) is 22.9 Å². The predicted molar refractivity (Wildman–Crippen MR) is 80.2 cm³/mol. The van der Waals surface area contributed by atoms with Gasteiger partial charge in [-0.15, -0.1) is 0 Å². The number of nitrogens with zero attached hydrogens (tertiary/aromatic N) is 1. The Morgan fingerprint density at radius 2 is 2.25 bits per heavy atom. The predicted octanol–water partition coefficient (Wildman–Crippen LogP) is 3.71. The third-order valence-corrected chi connectivity index (χ3v) is 3.18. The van der Waals surface area contributed by atoms with E-state index < -0.39 is 5.97 Å². The topological polar surface area (TPSA) is 59.3 Å². The smallest absolute Gasteiger partial charge is 0.348 e. The molecule has 0 aliphatic carbocycles. The van der Waals surface area contributed by atoms with Gasteiger partial charge in [-0.05, 0) is 46.1 Å². The van der Waals surface area contributed by atoms with E-state index >= 15 is 0 Å². The molecule has 0 aromatic heterocycles. The van der Waals surface area contributed by atoms with Gasteiger partial charge in [-0.2, -0.15) is 5.26 Å². The molecule has 0 N–H and O–H groups in total. The van der Waals surface area contributed by atoms with E-state index in [9.17, 15) is 4.79 Å². The number of nitriles is 1. The van der Waals surface area contributed by atoms with Crippen molar-refractivity contribution in [3.63, 3.8) is 0 Å². The molecule has 0 amide bonds. The molecule has 0 spiro atoms. The zero-order valence-electron chi connectivity index (χ0n) is 11.5. The fourth-order valence-corrected chi connectivity index (χ4v) is 2.02. The van der Waals surface area contributed by atoms with Crippen LogP contribution in [0.3, 0.4) is 0 Å². The SMILES string of the molecule is CCCCOC(=O)/C(C#N)=C/c1ccc(OC)c(Br)c1. The summed E-state index contributed by atoms with van der Waals surface area (Å²) < 4.78 is 10.9. The summed E-state index contributed by atoms with van der Waals surface area (Å²) in [5, 5.41) is 9.03. The van der Waals surface area contributed by atoms with Gasteiger partial charge in [0.2, 0.25) is 0 Å². The molecule has 0 unspecified atom stereocenters. The monoisotopic (exact) mass is 337 g/mol. The van der Waals surface area contributed by atoms with Crippen molar-refractivity contribution in [2.24, 2.45) is 0 Å². The van der Waals surface area contributed by atoms with Crippen LogP contribution < -0.4 is 4.74 Å². The normalized spacial score (nSPS) is 10.8. The number of carbonyl (C=O) groups is 1. The number of rotatable bonds is 6. The molecule has 0 heterocycles. The number of ether oxygens (including phenoxy) is 2. The summed E-state index contributed by atoms with van der Waals surface area (Å²) in [6, 6.07) is 7.16. The van der Waals surface area contributed by atoms with Crippen molar-refractivity contribution in [2.75, 3.05) is 13.7 Å². The van der Waals surface area contributed by atoms with E-state index in [1.54, 1.807) is 25.3 Å². The lowest BCUT2D eigenvalue weighted by molar-refractivity contribution is -0.138. The molecule has 20 heavy (non-hydrogen) atoms. The lowest BCUT2D eigenvalue weighted by Crippen LogP contribution is -2.07. The van der Waals surface area contributed by atoms with Gasteiger partial charge in [0.15, 0.2) is 0 Å². The zero-order chi connectivity index (χ0) is 15.0. The highest BCUT2D eigenvalue weighted by molar-refractivity contribution is 9.10. The first-order chi connectivity index (χ1) is 9.62. The summed E-state index contributed by atoms with van der Waals surface area (Å²) in [5.41, 5.74) is 0.708. The molecule has 0 atom stereocenters. The molecular weight excluding hydrogens is 322 g/mol. The van der Waals surface area contributed by atoms with Crippen LogP contribution in [0.15, 0.2) is 28.2 Å². The van der Waals surface area contributed by atoms with Crippen LogP contribution in [0.25, 0.3) is 6.08 Å². The standard InChI is InChI=1S/C15H16BrNO3/c1-3-4-7-20-15(18)12(10-17)8-11-5-6-14(19-2)13(16)9-11/h5-6,8-9H,3-4,7H2,1-2H3/b12-8+. The van der Waals surface area contributed by atoms with Gasteiger partial charge in [0.1, 0.15) is 17.4 Å². The Morgan fingerprint density at radius 1 is 1.50 bits per heavy atom. The van der Waals surface area contributed by atoms with Crippen molar-refractivity contribution in [1.29, 1.82) is 5.26 Å². The van der Waals surface area contributed by atoms with Gasteiger partial charge in [0, 0.05) is 0 Å². The van der Waals surface area contributed by atoms with Gasteiger partial charge in [0.05, 0.1) is 18.2 Å². The highest BCUT2D eigenvalue weighted by Crippen LogP contribution is 2.26. The Hall–Kier alpha value is -1.80. The molecule has 1 rings (SSSR count). The van der Waals surface area contributed by atoms with Gasteiger partial charge < -0.3 is 9.47 Å². The molecule has 0 saturated carbocycles. The second kappa shape index (κ2) is 8.39. The Balaban J connectivity index is 2.86. The van der Waals surface area contributed by atoms with Crippen LogP contribution in [0.1, 0.15) is 25.3 Å². The van der Waals surface area contributed by atoms with Crippen LogP contribution in [0.4, 0.5) is 0 Å². The molecule has 0 saturated heterocycles. The molecule has 0 fully saturated rings. The third kappa shape index (κ3) is 4.71. The van der Waals surface area contributed by atoms with E-state index in [-0.39, 0.29) is 5.57 Å². The molecule has 0 bridgehead atoms. The van der Waals surface area contributed by atoms with Crippen molar-refractivity contribution in [2.45, 2.75) is 19.8 Å². The van der Waals surface area contributed by atoms with Gasteiger partial charge in [-0.3, -0.25) is 0 Å². The Labute approximate surface area is 127 Å². The van der Waals surface area contributed by atoms with Crippen molar-refractivity contribution in [1.82, 2.24) is 0 Å². The van der Waals surface area contributed by atoms with E-state index in [2.05, 4.69) is 15.9 Å². The first-order valence-corrected chi connectivity index (χ1v) is 7.04. The largest absolute Gasteiger partial charge is 0.496 e. The van der Waals surface area contributed by atoms with E-state index in [1.807, 2.05) is 13.0 Å².